The molecule has 0 atom stereocenters. The second kappa shape index (κ2) is 13.1. The third-order valence-corrected chi connectivity index (χ3v) is 13.3. The molecular formula is C60H34O3. The van der Waals surface area contributed by atoms with Gasteiger partial charge >= 0.3 is 0 Å². The van der Waals surface area contributed by atoms with Crippen LogP contribution in [0, 0.1) is 0 Å². The summed E-state index contributed by atoms with van der Waals surface area (Å²) in [5.41, 5.74) is 14.1. The summed E-state index contributed by atoms with van der Waals surface area (Å²) in [5, 5.41) is 13.8. The van der Waals surface area contributed by atoms with E-state index in [4.69, 9.17) is 13.3 Å². The van der Waals surface area contributed by atoms with Crippen molar-refractivity contribution in [3.63, 3.8) is 0 Å². The number of benzene rings is 11. The Morgan fingerprint density at radius 2 is 0.571 bits per heavy atom. The molecule has 0 saturated heterocycles. The highest BCUT2D eigenvalue weighted by molar-refractivity contribution is 6.29. The van der Waals surface area contributed by atoms with Gasteiger partial charge in [0.1, 0.15) is 33.5 Å². The smallest absolute Gasteiger partial charge is 0.143 e. The Morgan fingerprint density at radius 3 is 1.17 bits per heavy atom. The van der Waals surface area contributed by atoms with Gasteiger partial charge in [-0.2, -0.15) is 0 Å². The zero-order valence-electron chi connectivity index (χ0n) is 33.9. The lowest BCUT2D eigenvalue weighted by molar-refractivity contribution is 0.668. The number of hydrogen-bond acceptors (Lipinski definition) is 3. The summed E-state index contributed by atoms with van der Waals surface area (Å²) >= 11 is 0. The van der Waals surface area contributed by atoms with Crippen molar-refractivity contribution in [2.24, 2.45) is 0 Å². The lowest BCUT2D eigenvalue weighted by Gasteiger charge is -2.19. The SMILES string of the molecule is c1ccc2c(-c3c4ccccc4c(-c4ccc(-c5ccc(-c6cccc7oc8ccccc8c67)c6oc7ccccc7c56)c5oc6ccccc6c45)c4ccccc34)cccc2c1. The fourth-order valence-electron chi connectivity index (χ4n) is 10.7. The van der Waals surface area contributed by atoms with Gasteiger partial charge in [0.25, 0.3) is 0 Å². The largest absolute Gasteiger partial charge is 0.456 e. The van der Waals surface area contributed by atoms with Crippen LogP contribution in [0.15, 0.2) is 220 Å². The summed E-state index contributed by atoms with van der Waals surface area (Å²) in [7, 11) is 0. The molecule has 3 nitrogen and oxygen atoms in total. The molecule has 0 bridgehead atoms. The molecule has 0 N–H and O–H groups in total. The van der Waals surface area contributed by atoms with Crippen LogP contribution < -0.4 is 0 Å². The maximum Gasteiger partial charge on any atom is 0.143 e. The molecule has 63 heavy (non-hydrogen) atoms. The van der Waals surface area contributed by atoms with Crippen LogP contribution in [0.2, 0.25) is 0 Å². The molecule has 14 aromatic rings. The minimum atomic E-state index is 0.834. The van der Waals surface area contributed by atoms with E-state index in [0.717, 1.165) is 93.6 Å². The Bertz CT molecular complexity index is 4150. The summed E-state index contributed by atoms with van der Waals surface area (Å²) in [6, 6.07) is 73.6. The van der Waals surface area contributed by atoms with Gasteiger partial charge in [0.15, 0.2) is 0 Å². The molecule has 3 heteroatoms. The van der Waals surface area contributed by atoms with Gasteiger partial charge in [0.05, 0.1) is 0 Å². The normalized spacial score (nSPS) is 12.1. The second-order valence-electron chi connectivity index (χ2n) is 16.6. The highest BCUT2D eigenvalue weighted by Gasteiger charge is 2.26. The van der Waals surface area contributed by atoms with E-state index in [1.54, 1.807) is 0 Å². The molecule has 14 rings (SSSR count). The molecule has 0 unspecified atom stereocenters. The molecule has 0 aliphatic rings. The first-order chi connectivity index (χ1) is 31.3. The molecular weight excluding hydrogens is 769 g/mol. The van der Waals surface area contributed by atoms with Crippen molar-refractivity contribution in [1.29, 1.82) is 0 Å². The van der Waals surface area contributed by atoms with Crippen molar-refractivity contribution in [2.45, 2.75) is 0 Å². The summed E-state index contributed by atoms with van der Waals surface area (Å²) < 4.78 is 20.3. The van der Waals surface area contributed by atoms with Crippen LogP contribution in [0.5, 0.6) is 0 Å². The highest BCUT2D eigenvalue weighted by Crippen LogP contribution is 2.51. The lowest BCUT2D eigenvalue weighted by Crippen LogP contribution is -1.92. The molecule has 0 radical (unpaired) electrons. The van der Waals surface area contributed by atoms with Crippen molar-refractivity contribution in [3.05, 3.63) is 206 Å². The minimum Gasteiger partial charge on any atom is -0.456 e. The molecule has 0 aliphatic heterocycles. The Morgan fingerprint density at radius 1 is 0.206 bits per heavy atom. The number of fused-ring (bicyclic) bond motifs is 12. The van der Waals surface area contributed by atoms with E-state index < -0.39 is 0 Å². The van der Waals surface area contributed by atoms with E-state index in [2.05, 4.69) is 182 Å². The van der Waals surface area contributed by atoms with Gasteiger partial charge in [-0.3, -0.25) is 0 Å². The van der Waals surface area contributed by atoms with Crippen molar-refractivity contribution >= 4 is 98.1 Å². The fourth-order valence-corrected chi connectivity index (χ4v) is 10.7. The van der Waals surface area contributed by atoms with Crippen LogP contribution in [-0.4, -0.2) is 0 Å². The number of hydrogen-bond donors (Lipinski definition) is 0. The molecule has 3 heterocycles. The van der Waals surface area contributed by atoms with Crippen LogP contribution in [0.3, 0.4) is 0 Å². The maximum atomic E-state index is 7.07. The zero-order chi connectivity index (χ0) is 41.2. The topological polar surface area (TPSA) is 39.4 Å². The first-order valence-electron chi connectivity index (χ1n) is 21.5. The summed E-state index contributed by atoms with van der Waals surface area (Å²) in [4.78, 5) is 0. The van der Waals surface area contributed by atoms with Gasteiger partial charge in [-0.25, -0.2) is 0 Å². The van der Waals surface area contributed by atoms with E-state index in [1.807, 2.05) is 24.3 Å². The Balaban J connectivity index is 1.07. The Hall–Kier alpha value is -8.40. The third kappa shape index (κ3) is 4.85. The van der Waals surface area contributed by atoms with Gasteiger partial charge in [-0.15, -0.1) is 0 Å². The van der Waals surface area contributed by atoms with Crippen LogP contribution in [0.25, 0.3) is 143 Å². The highest BCUT2D eigenvalue weighted by atomic mass is 16.3. The average Bonchev–Trinajstić information content (AvgIpc) is 4.05. The number of para-hydroxylation sites is 3. The molecule has 11 aromatic carbocycles. The molecule has 0 fully saturated rings. The first kappa shape index (κ1) is 34.3. The molecule has 292 valence electrons. The van der Waals surface area contributed by atoms with Crippen LogP contribution >= 0.6 is 0 Å². The van der Waals surface area contributed by atoms with E-state index in [9.17, 15) is 0 Å². The van der Waals surface area contributed by atoms with E-state index in [0.29, 0.717) is 0 Å². The molecule has 0 saturated carbocycles. The molecule has 0 spiro atoms. The summed E-state index contributed by atoms with van der Waals surface area (Å²) in [6.07, 6.45) is 0. The quantitative estimate of drug-likeness (QED) is 0.166. The van der Waals surface area contributed by atoms with Crippen LogP contribution in [0.1, 0.15) is 0 Å². The fraction of sp³-hybridized carbons (Fsp3) is 0. The van der Waals surface area contributed by atoms with Crippen molar-refractivity contribution in [3.8, 4) is 44.5 Å². The van der Waals surface area contributed by atoms with E-state index in [1.165, 1.54) is 49.0 Å². The maximum absolute atomic E-state index is 7.07. The van der Waals surface area contributed by atoms with E-state index in [-0.39, 0.29) is 0 Å². The third-order valence-electron chi connectivity index (χ3n) is 13.3. The van der Waals surface area contributed by atoms with E-state index >= 15 is 0 Å². The monoisotopic (exact) mass is 802 g/mol. The van der Waals surface area contributed by atoms with Gasteiger partial charge < -0.3 is 13.3 Å². The van der Waals surface area contributed by atoms with Crippen molar-refractivity contribution < 1.29 is 13.3 Å². The summed E-state index contributed by atoms with van der Waals surface area (Å²) in [5.74, 6) is 0. The predicted octanol–water partition coefficient (Wildman–Crippen LogP) is 17.5. The Labute approximate surface area is 360 Å². The molecule has 0 amide bonds. The van der Waals surface area contributed by atoms with Crippen LogP contribution in [0.4, 0.5) is 0 Å². The molecule has 0 aliphatic carbocycles. The standard InChI is InChI=1S/C60H34O3/c1-2-17-36-35(15-1)16-13-25-37(36)54-38-18-3-5-20-40(38)55(41-21-6-4-19-39(41)54)49-34-33-45(60-58(49)48-24-9-12-29-52(48)63-60)43-31-32-44(59-57(43)47-23-8-11-28-51(47)62-59)42-26-14-30-53-56(42)46-22-7-10-27-50(46)61-53/h1-34H. The second-order valence-corrected chi connectivity index (χ2v) is 16.6. The molecule has 3 aromatic heterocycles. The van der Waals surface area contributed by atoms with Gasteiger partial charge in [-0.1, -0.05) is 170 Å². The van der Waals surface area contributed by atoms with Crippen molar-refractivity contribution in [1.82, 2.24) is 0 Å². The minimum absolute atomic E-state index is 0.834. The van der Waals surface area contributed by atoms with Gasteiger partial charge in [-0.05, 0) is 102 Å². The summed E-state index contributed by atoms with van der Waals surface area (Å²) in [6.45, 7) is 0. The number of furan rings is 3. The van der Waals surface area contributed by atoms with Gasteiger partial charge in [0, 0.05) is 43.4 Å². The van der Waals surface area contributed by atoms with Crippen molar-refractivity contribution in [2.75, 3.05) is 0 Å². The predicted molar refractivity (Wildman–Crippen MR) is 263 cm³/mol. The first-order valence-corrected chi connectivity index (χ1v) is 21.5. The zero-order valence-corrected chi connectivity index (χ0v) is 33.9. The van der Waals surface area contributed by atoms with Gasteiger partial charge in [0.2, 0.25) is 0 Å². The number of rotatable bonds is 4. The van der Waals surface area contributed by atoms with Crippen LogP contribution in [-0.2, 0) is 0 Å². The lowest BCUT2D eigenvalue weighted by atomic mass is 9.83. The average molecular weight is 803 g/mol. The Kier molecular flexibility index (Phi) is 7.11.